The number of rotatable bonds is 2. The van der Waals surface area contributed by atoms with Crippen molar-refractivity contribution in [1.29, 1.82) is 0 Å². The predicted octanol–water partition coefficient (Wildman–Crippen LogP) is 2.13. The van der Waals surface area contributed by atoms with Crippen molar-refractivity contribution < 1.29 is 9.53 Å². The molecule has 0 N–H and O–H groups in total. The zero-order valence-electron chi connectivity index (χ0n) is 7.95. The third-order valence-corrected chi connectivity index (χ3v) is 2.45. The van der Waals surface area contributed by atoms with Crippen LogP contribution in [0.2, 0.25) is 0 Å². The van der Waals surface area contributed by atoms with Gasteiger partial charge < -0.3 is 4.74 Å². The van der Waals surface area contributed by atoms with Crippen molar-refractivity contribution in [2.45, 2.75) is 13.0 Å². The van der Waals surface area contributed by atoms with Gasteiger partial charge in [-0.05, 0) is 29.7 Å². The summed E-state index contributed by atoms with van der Waals surface area (Å²) in [5.74, 6) is -0.0145. The molecule has 2 nitrogen and oxygen atoms in total. The van der Waals surface area contributed by atoms with Crippen molar-refractivity contribution in [1.82, 2.24) is 0 Å². The van der Waals surface area contributed by atoms with Crippen LogP contribution < -0.4 is 0 Å². The van der Waals surface area contributed by atoms with Crippen LogP contribution in [0.25, 0.3) is 0 Å². The molecule has 0 aromatic heterocycles. The molecule has 0 bridgehead atoms. The lowest BCUT2D eigenvalue weighted by atomic mass is 9.99. The summed E-state index contributed by atoms with van der Waals surface area (Å²) in [4.78, 5) is 11.3. The lowest BCUT2D eigenvalue weighted by Gasteiger charge is -2.16. The minimum atomic E-state index is -0.0145. The summed E-state index contributed by atoms with van der Waals surface area (Å²) in [5.41, 5.74) is 3.14. The normalized spacial score (nSPS) is 14.6. The Morgan fingerprint density at radius 3 is 3.07 bits per heavy atom. The first-order valence-electron chi connectivity index (χ1n) is 4.67. The van der Waals surface area contributed by atoms with Crippen LogP contribution in [0.5, 0.6) is 0 Å². The van der Waals surface area contributed by atoms with Crippen molar-refractivity contribution in [2.75, 3.05) is 6.61 Å². The lowest BCUT2D eigenvalue weighted by Crippen LogP contribution is -2.10. The molecule has 0 saturated carbocycles. The third-order valence-electron chi connectivity index (χ3n) is 2.45. The number of ether oxygens (including phenoxy) is 1. The van der Waals surface area contributed by atoms with E-state index in [-0.39, 0.29) is 5.78 Å². The maximum absolute atomic E-state index is 11.3. The first-order valence-corrected chi connectivity index (χ1v) is 4.67. The average Bonchev–Trinajstić information content (AvgIpc) is 2.27. The summed E-state index contributed by atoms with van der Waals surface area (Å²) in [6.45, 7) is 4.89. The zero-order valence-corrected chi connectivity index (χ0v) is 7.95. The summed E-state index contributed by atoms with van der Waals surface area (Å²) < 4.78 is 5.32. The molecule has 14 heavy (non-hydrogen) atoms. The highest BCUT2D eigenvalue weighted by Gasteiger charge is 2.11. The van der Waals surface area contributed by atoms with Gasteiger partial charge in [0.1, 0.15) is 0 Å². The van der Waals surface area contributed by atoms with Crippen molar-refractivity contribution >= 4 is 5.78 Å². The quantitative estimate of drug-likeness (QED) is 0.525. The van der Waals surface area contributed by atoms with Crippen LogP contribution in [0.15, 0.2) is 30.9 Å². The Bertz CT molecular complexity index is 380. The Hall–Kier alpha value is -1.41. The second-order valence-electron chi connectivity index (χ2n) is 3.35. The molecule has 0 spiro atoms. The smallest absolute Gasteiger partial charge is 0.185 e. The first-order chi connectivity index (χ1) is 6.81. The SMILES string of the molecule is C=CC(=O)c1ccc2c(c1)CCOC2. The van der Waals surface area contributed by atoms with Gasteiger partial charge in [0.05, 0.1) is 13.2 Å². The van der Waals surface area contributed by atoms with Gasteiger partial charge in [-0.1, -0.05) is 18.7 Å². The summed E-state index contributed by atoms with van der Waals surface area (Å²) in [6.07, 6.45) is 2.24. The second-order valence-corrected chi connectivity index (χ2v) is 3.35. The molecule has 0 saturated heterocycles. The minimum absolute atomic E-state index is 0.0145. The van der Waals surface area contributed by atoms with Gasteiger partial charge in [-0.25, -0.2) is 0 Å². The number of carbonyl (C=O) groups excluding carboxylic acids is 1. The van der Waals surface area contributed by atoms with Crippen LogP contribution >= 0.6 is 0 Å². The monoisotopic (exact) mass is 188 g/mol. The molecular weight excluding hydrogens is 176 g/mol. The molecular formula is C12H12O2. The van der Waals surface area contributed by atoms with E-state index in [1.807, 2.05) is 18.2 Å². The zero-order chi connectivity index (χ0) is 9.97. The van der Waals surface area contributed by atoms with E-state index in [2.05, 4.69) is 6.58 Å². The third kappa shape index (κ3) is 1.61. The Morgan fingerprint density at radius 1 is 1.43 bits per heavy atom. The fraction of sp³-hybridized carbons (Fsp3) is 0.250. The molecule has 1 aliphatic heterocycles. The topological polar surface area (TPSA) is 26.3 Å². The highest BCUT2D eigenvalue weighted by molar-refractivity contribution is 6.04. The number of hydrogen-bond donors (Lipinski definition) is 0. The van der Waals surface area contributed by atoms with Gasteiger partial charge in [0.15, 0.2) is 5.78 Å². The molecule has 0 unspecified atom stereocenters. The molecule has 1 aromatic carbocycles. The molecule has 1 aliphatic rings. The number of benzene rings is 1. The summed E-state index contributed by atoms with van der Waals surface area (Å²) in [6, 6.07) is 5.74. The Morgan fingerprint density at radius 2 is 2.29 bits per heavy atom. The van der Waals surface area contributed by atoms with Crippen molar-refractivity contribution in [3.63, 3.8) is 0 Å². The number of carbonyl (C=O) groups is 1. The number of hydrogen-bond acceptors (Lipinski definition) is 2. The number of ketones is 1. The van der Waals surface area contributed by atoms with E-state index in [1.54, 1.807) is 0 Å². The van der Waals surface area contributed by atoms with Crippen molar-refractivity contribution in [3.05, 3.63) is 47.5 Å². The van der Waals surface area contributed by atoms with Crippen molar-refractivity contribution in [3.8, 4) is 0 Å². The Kier molecular flexibility index (Phi) is 2.46. The van der Waals surface area contributed by atoms with Gasteiger partial charge in [0, 0.05) is 5.56 Å². The molecule has 0 aliphatic carbocycles. The maximum atomic E-state index is 11.3. The van der Waals surface area contributed by atoms with E-state index >= 15 is 0 Å². The Labute approximate surface area is 83.2 Å². The second kappa shape index (κ2) is 3.76. The van der Waals surface area contributed by atoms with Gasteiger partial charge in [0.2, 0.25) is 0 Å². The fourth-order valence-electron chi connectivity index (χ4n) is 1.63. The van der Waals surface area contributed by atoms with E-state index < -0.39 is 0 Å². The van der Waals surface area contributed by atoms with Crippen LogP contribution in [0, 0.1) is 0 Å². The fourth-order valence-corrected chi connectivity index (χ4v) is 1.63. The molecule has 0 amide bonds. The molecule has 2 heteroatoms. The molecule has 0 fully saturated rings. The minimum Gasteiger partial charge on any atom is -0.376 e. The van der Waals surface area contributed by atoms with Crippen LogP contribution in [-0.2, 0) is 17.8 Å². The van der Waals surface area contributed by atoms with E-state index in [4.69, 9.17) is 4.74 Å². The van der Waals surface area contributed by atoms with Gasteiger partial charge >= 0.3 is 0 Å². The standard InChI is InChI=1S/C12H12O2/c1-2-12(13)10-3-4-11-8-14-6-5-9(11)7-10/h2-4,7H,1,5-6,8H2. The highest BCUT2D eigenvalue weighted by atomic mass is 16.5. The molecule has 0 atom stereocenters. The molecule has 0 radical (unpaired) electrons. The summed E-state index contributed by atoms with van der Waals surface area (Å²) in [5, 5.41) is 0. The van der Waals surface area contributed by atoms with Crippen LogP contribution in [0.3, 0.4) is 0 Å². The Balaban J connectivity index is 2.38. The number of fused-ring (bicyclic) bond motifs is 1. The molecule has 1 heterocycles. The van der Waals surface area contributed by atoms with Crippen LogP contribution in [0.1, 0.15) is 21.5 Å². The van der Waals surface area contributed by atoms with E-state index in [0.717, 1.165) is 18.6 Å². The summed E-state index contributed by atoms with van der Waals surface area (Å²) >= 11 is 0. The summed E-state index contributed by atoms with van der Waals surface area (Å²) in [7, 11) is 0. The number of allylic oxidation sites excluding steroid dienone is 1. The van der Waals surface area contributed by atoms with E-state index in [9.17, 15) is 4.79 Å². The average molecular weight is 188 g/mol. The van der Waals surface area contributed by atoms with Crippen LogP contribution in [0.4, 0.5) is 0 Å². The van der Waals surface area contributed by atoms with Crippen molar-refractivity contribution in [2.24, 2.45) is 0 Å². The predicted molar refractivity (Wildman–Crippen MR) is 54.3 cm³/mol. The van der Waals surface area contributed by atoms with Gasteiger partial charge in [-0.3, -0.25) is 4.79 Å². The first kappa shape index (κ1) is 9.16. The van der Waals surface area contributed by atoms with Gasteiger partial charge in [-0.15, -0.1) is 0 Å². The van der Waals surface area contributed by atoms with E-state index in [1.165, 1.54) is 17.2 Å². The van der Waals surface area contributed by atoms with E-state index in [0.29, 0.717) is 6.61 Å². The van der Waals surface area contributed by atoms with Gasteiger partial charge in [-0.2, -0.15) is 0 Å². The lowest BCUT2D eigenvalue weighted by molar-refractivity contribution is 0.104. The van der Waals surface area contributed by atoms with Gasteiger partial charge in [0.25, 0.3) is 0 Å². The maximum Gasteiger partial charge on any atom is 0.185 e. The van der Waals surface area contributed by atoms with Crippen LogP contribution in [-0.4, -0.2) is 12.4 Å². The highest BCUT2D eigenvalue weighted by Crippen LogP contribution is 2.18. The largest absolute Gasteiger partial charge is 0.376 e. The molecule has 1 aromatic rings. The molecule has 2 rings (SSSR count). The molecule has 72 valence electrons.